The summed E-state index contributed by atoms with van der Waals surface area (Å²) in [6, 6.07) is 12.6. The van der Waals surface area contributed by atoms with E-state index in [4.69, 9.17) is 16.3 Å². The van der Waals surface area contributed by atoms with Crippen molar-refractivity contribution in [3.8, 4) is 5.75 Å². The fourth-order valence-electron chi connectivity index (χ4n) is 1.47. The fourth-order valence-corrected chi connectivity index (χ4v) is 1.66. The van der Waals surface area contributed by atoms with Crippen LogP contribution in [0.25, 0.3) is 0 Å². The highest BCUT2D eigenvalue weighted by molar-refractivity contribution is 6.30. The third-order valence-electron chi connectivity index (χ3n) is 2.30. The van der Waals surface area contributed by atoms with Crippen LogP contribution in [-0.2, 0) is 4.79 Å². The largest absolute Gasteiger partial charge is 0.481 e. The molecule has 0 bridgehead atoms. The van der Waals surface area contributed by atoms with Crippen LogP contribution in [0.2, 0.25) is 5.02 Å². The number of amides is 1. The average molecular weight is 280 g/mol. The molecule has 0 aromatic heterocycles. The molecular formula is C14H11ClFNO2. The Hall–Kier alpha value is -2.07. The molecule has 0 atom stereocenters. The Morgan fingerprint density at radius 2 is 2.00 bits per heavy atom. The van der Waals surface area contributed by atoms with Gasteiger partial charge in [0, 0.05) is 10.7 Å². The highest BCUT2D eigenvalue weighted by atomic mass is 35.5. The van der Waals surface area contributed by atoms with Crippen molar-refractivity contribution < 1.29 is 13.9 Å². The summed E-state index contributed by atoms with van der Waals surface area (Å²) in [6.07, 6.45) is 0. The number of hydrogen-bond donors (Lipinski definition) is 1. The van der Waals surface area contributed by atoms with E-state index in [2.05, 4.69) is 5.32 Å². The maximum atomic E-state index is 13.2. The zero-order valence-corrected chi connectivity index (χ0v) is 10.7. The molecule has 0 saturated heterocycles. The van der Waals surface area contributed by atoms with Crippen molar-refractivity contribution in [1.82, 2.24) is 0 Å². The molecule has 0 aliphatic heterocycles. The van der Waals surface area contributed by atoms with Crippen LogP contribution in [-0.4, -0.2) is 12.5 Å². The first-order valence-corrected chi connectivity index (χ1v) is 5.96. The van der Waals surface area contributed by atoms with Gasteiger partial charge in [-0.3, -0.25) is 4.79 Å². The van der Waals surface area contributed by atoms with Crippen LogP contribution in [0.4, 0.5) is 10.1 Å². The van der Waals surface area contributed by atoms with Crippen molar-refractivity contribution in [2.75, 3.05) is 11.9 Å². The van der Waals surface area contributed by atoms with E-state index < -0.39 is 5.82 Å². The van der Waals surface area contributed by atoms with Gasteiger partial charge in [0.05, 0.1) is 0 Å². The van der Waals surface area contributed by atoms with Crippen LogP contribution >= 0.6 is 11.6 Å². The van der Waals surface area contributed by atoms with E-state index >= 15 is 0 Å². The quantitative estimate of drug-likeness (QED) is 0.930. The number of para-hydroxylation sites is 1. The number of hydrogen-bond acceptors (Lipinski definition) is 2. The molecule has 0 unspecified atom stereocenters. The van der Waals surface area contributed by atoms with Crippen LogP contribution < -0.4 is 10.1 Å². The van der Waals surface area contributed by atoms with Gasteiger partial charge in [0.1, 0.15) is 0 Å². The standard InChI is InChI=1S/C14H11ClFNO2/c15-10-4-3-5-11(8-10)17-14(18)9-19-13-7-2-1-6-12(13)16/h1-8H,9H2,(H,17,18). The van der Waals surface area contributed by atoms with E-state index in [1.807, 2.05) is 0 Å². The molecule has 0 spiro atoms. The van der Waals surface area contributed by atoms with Crippen molar-refractivity contribution >= 4 is 23.2 Å². The van der Waals surface area contributed by atoms with Crippen LogP contribution in [0, 0.1) is 5.82 Å². The van der Waals surface area contributed by atoms with Crippen LogP contribution in [0.5, 0.6) is 5.75 Å². The third-order valence-corrected chi connectivity index (χ3v) is 2.54. The molecule has 2 rings (SSSR count). The molecule has 0 radical (unpaired) electrons. The summed E-state index contributed by atoms with van der Waals surface area (Å²) in [5.41, 5.74) is 0.564. The number of nitrogens with one attached hydrogen (secondary N) is 1. The third kappa shape index (κ3) is 3.96. The first-order valence-electron chi connectivity index (χ1n) is 5.58. The second-order valence-corrected chi connectivity index (χ2v) is 4.21. The molecule has 98 valence electrons. The van der Waals surface area contributed by atoms with Crippen molar-refractivity contribution in [2.24, 2.45) is 0 Å². The second-order valence-electron chi connectivity index (χ2n) is 3.78. The van der Waals surface area contributed by atoms with Gasteiger partial charge in [-0.1, -0.05) is 29.8 Å². The van der Waals surface area contributed by atoms with Crippen LogP contribution in [0.15, 0.2) is 48.5 Å². The highest BCUT2D eigenvalue weighted by Crippen LogP contribution is 2.16. The predicted octanol–water partition coefficient (Wildman–Crippen LogP) is 3.50. The monoisotopic (exact) mass is 279 g/mol. The van der Waals surface area contributed by atoms with Crippen molar-refractivity contribution in [3.05, 3.63) is 59.4 Å². The Kier molecular flexibility index (Phi) is 4.36. The van der Waals surface area contributed by atoms with E-state index in [0.29, 0.717) is 10.7 Å². The van der Waals surface area contributed by atoms with Gasteiger partial charge >= 0.3 is 0 Å². The summed E-state index contributed by atoms with van der Waals surface area (Å²) in [7, 11) is 0. The Morgan fingerprint density at radius 3 is 2.74 bits per heavy atom. The summed E-state index contributed by atoms with van der Waals surface area (Å²) in [4.78, 5) is 11.6. The van der Waals surface area contributed by atoms with E-state index in [1.165, 1.54) is 12.1 Å². The maximum absolute atomic E-state index is 13.2. The van der Waals surface area contributed by atoms with Gasteiger partial charge in [0.15, 0.2) is 18.2 Å². The minimum absolute atomic E-state index is 0.0451. The summed E-state index contributed by atoms with van der Waals surface area (Å²) < 4.78 is 18.3. The SMILES string of the molecule is O=C(COc1ccccc1F)Nc1cccc(Cl)c1. The first-order chi connectivity index (χ1) is 9.15. The number of ether oxygens (including phenoxy) is 1. The molecule has 19 heavy (non-hydrogen) atoms. The molecule has 0 heterocycles. The van der Waals surface area contributed by atoms with E-state index in [1.54, 1.807) is 36.4 Å². The molecule has 0 fully saturated rings. The molecule has 2 aromatic rings. The second kappa shape index (κ2) is 6.20. The maximum Gasteiger partial charge on any atom is 0.262 e. The Bertz CT molecular complexity index is 589. The lowest BCUT2D eigenvalue weighted by molar-refractivity contribution is -0.118. The van der Waals surface area contributed by atoms with Crippen LogP contribution in [0.3, 0.4) is 0 Å². The molecule has 2 aromatic carbocycles. The van der Waals surface area contributed by atoms with Crippen LogP contribution in [0.1, 0.15) is 0 Å². The molecule has 3 nitrogen and oxygen atoms in total. The normalized spacial score (nSPS) is 10.0. The molecular weight excluding hydrogens is 269 g/mol. The smallest absolute Gasteiger partial charge is 0.262 e. The Labute approximate surface area is 115 Å². The minimum atomic E-state index is -0.502. The Balaban J connectivity index is 1.90. The van der Waals surface area contributed by atoms with Gasteiger partial charge in [-0.2, -0.15) is 0 Å². The van der Waals surface area contributed by atoms with E-state index in [-0.39, 0.29) is 18.3 Å². The molecule has 0 saturated carbocycles. The number of rotatable bonds is 4. The van der Waals surface area contributed by atoms with Crippen molar-refractivity contribution in [3.63, 3.8) is 0 Å². The minimum Gasteiger partial charge on any atom is -0.481 e. The van der Waals surface area contributed by atoms with E-state index in [9.17, 15) is 9.18 Å². The van der Waals surface area contributed by atoms with Gasteiger partial charge in [0.2, 0.25) is 0 Å². The van der Waals surface area contributed by atoms with E-state index in [0.717, 1.165) is 0 Å². The van der Waals surface area contributed by atoms with Gasteiger partial charge in [-0.25, -0.2) is 4.39 Å². The summed E-state index contributed by atoms with van der Waals surface area (Å²) >= 11 is 5.79. The number of anilines is 1. The van der Waals surface area contributed by atoms with Gasteiger partial charge < -0.3 is 10.1 Å². The number of carbonyl (C=O) groups excluding carboxylic acids is 1. The van der Waals surface area contributed by atoms with Gasteiger partial charge in [0.25, 0.3) is 5.91 Å². The van der Waals surface area contributed by atoms with Gasteiger partial charge in [-0.15, -0.1) is 0 Å². The zero-order valence-electron chi connectivity index (χ0n) is 9.90. The lowest BCUT2D eigenvalue weighted by atomic mass is 10.3. The molecule has 0 aliphatic carbocycles. The number of halogens is 2. The summed E-state index contributed by atoms with van der Waals surface area (Å²) in [6.45, 7) is -0.270. The number of carbonyl (C=O) groups is 1. The average Bonchev–Trinajstić information content (AvgIpc) is 2.38. The van der Waals surface area contributed by atoms with Gasteiger partial charge in [-0.05, 0) is 30.3 Å². The Morgan fingerprint density at radius 1 is 1.21 bits per heavy atom. The topological polar surface area (TPSA) is 38.3 Å². The van der Waals surface area contributed by atoms with Crippen molar-refractivity contribution in [1.29, 1.82) is 0 Å². The fraction of sp³-hybridized carbons (Fsp3) is 0.0714. The first kappa shape index (κ1) is 13.4. The highest BCUT2D eigenvalue weighted by Gasteiger charge is 2.06. The summed E-state index contributed by atoms with van der Waals surface area (Å²) in [5.74, 6) is -0.840. The lowest BCUT2D eigenvalue weighted by Crippen LogP contribution is -2.20. The molecule has 0 aliphatic rings. The predicted molar refractivity (Wildman–Crippen MR) is 72.0 cm³/mol. The van der Waals surface area contributed by atoms with Crippen molar-refractivity contribution in [2.45, 2.75) is 0 Å². The number of benzene rings is 2. The molecule has 1 amide bonds. The molecule has 1 N–H and O–H groups in total. The summed E-state index contributed by atoms with van der Waals surface area (Å²) in [5, 5.41) is 3.12. The zero-order chi connectivity index (χ0) is 13.7. The molecule has 5 heteroatoms. The lowest BCUT2D eigenvalue weighted by Gasteiger charge is -2.08.